The van der Waals surface area contributed by atoms with Gasteiger partial charge < -0.3 is 10.6 Å². The summed E-state index contributed by atoms with van der Waals surface area (Å²) in [7, 11) is 0. The summed E-state index contributed by atoms with van der Waals surface area (Å²) in [6.07, 6.45) is 2.00. The maximum absolute atomic E-state index is 13.3. The van der Waals surface area contributed by atoms with E-state index in [1.165, 1.54) is 12.1 Å². The number of likely N-dealkylation sites (tertiary alicyclic amines) is 1. The number of hydrogen-bond donors (Lipinski definition) is 1. The normalized spacial score (nSPS) is 21.3. The number of amides is 1. The van der Waals surface area contributed by atoms with E-state index in [9.17, 15) is 9.18 Å². The first-order chi connectivity index (χ1) is 8.99. The largest absolute Gasteiger partial charge is 0.338 e. The average Bonchev–Trinajstić information content (AvgIpc) is 2.41. The highest BCUT2D eigenvalue weighted by molar-refractivity contribution is 9.10. The fourth-order valence-corrected chi connectivity index (χ4v) is 2.87. The zero-order valence-corrected chi connectivity index (χ0v) is 12.5. The molecule has 2 rings (SSSR count). The fraction of sp³-hybridized carbons (Fsp3) is 0.500. The average molecular weight is 329 g/mol. The van der Waals surface area contributed by atoms with Gasteiger partial charge in [-0.2, -0.15) is 0 Å². The molecule has 0 bridgehead atoms. The summed E-state index contributed by atoms with van der Waals surface area (Å²) >= 11 is 3.30. The van der Waals surface area contributed by atoms with Crippen molar-refractivity contribution in [1.29, 1.82) is 0 Å². The molecule has 0 saturated carbocycles. The lowest BCUT2D eigenvalue weighted by Crippen LogP contribution is -2.45. The number of halogens is 2. The van der Waals surface area contributed by atoms with Gasteiger partial charge in [0.15, 0.2) is 0 Å². The van der Waals surface area contributed by atoms with Crippen molar-refractivity contribution in [3.05, 3.63) is 34.1 Å². The number of piperidine rings is 1. The van der Waals surface area contributed by atoms with Gasteiger partial charge in [-0.25, -0.2) is 4.39 Å². The van der Waals surface area contributed by atoms with Crippen LogP contribution in [0.25, 0.3) is 0 Å². The van der Waals surface area contributed by atoms with Crippen LogP contribution in [0.4, 0.5) is 4.39 Å². The van der Waals surface area contributed by atoms with Gasteiger partial charge in [-0.3, -0.25) is 4.79 Å². The van der Waals surface area contributed by atoms with Crippen molar-refractivity contribution >= 4 is 21.8 Å². The summed E-state index contributed by atoms with van der Waals surface area (Å²) < 4.78 is 13.9. The number of carbonyl (C=O) groups is 1. The highest BCUT2D eigenvalue weighted by Crippen LogP contribution is 2.24. The van der Waals surface area contributed by atoms with E-state index in [1.54, 1.807) is 11.0 Å². The maximum Gasteiger partial charge on any atom is 0.255 e. The van der Waals surface area contributed by atoms with E-state index in [0.29, 0.717) is 29.0 Å². The van der Waals surface area contributed by atoms with Crippen LogP contribution in [0.3, 0.4) is 0 Å². The second-order valence-electron chi connectivity index (χ2n) is 5.14. The van der Waals surface area contributed by atoms with Crippen LogP contribution in [0.15, 0.2) is 22.7 Å². The van der Waals surface area contributed by atoms with E-state index in [4.69, 9.17) is 5.73 Å². The molecule has 0 aliphatic carbocycles. The molecule has 5 heteroatoms. The minimum atomic E-state index is -0.396. The van der Waals surface area contributed by atoms with Crippen LogP contribution in [0, 0.1) is 11.7 Å². The molecular weight excluding hydrogens is 311 g/mol. The van der Waals surface area contributed by atoms with Gasteiger partial charge >= 0.3 is 0 Å². The SMILES string of the molecule is C[C@H](N)[C@@H]1CCCN(C(=O)c2cc(F)ccc2Br)C1. The molecule has 1 aliphatic heterocycles. The molecule has 1 heterocycles. The van der Waals surface area contributed by atoms with Crippen molar-refractivity contribution in [3.63, 3.8) is 0 Å². The van der Waals surface area contributed by atoms with Gasteiger partial charge in [0.2, 0.25) is 0 Å². The zero-order chi connectivity index (χ0) is 14.0. The summed E-state index contributed by atoms with van der Waals surface area (Å²) in [6.45, 7) is 3.33. The van der Waals surface area contributed by atoms with Gasteiger partial charge in [-0.05, 0) is 59.8 Å². The van der Waals surface area contributed by atoms with Gasteiger partial charge in [0, 0.05) is 23.6 Å². The lowest BCUT2D eigenvalue weighted by atomic mass is 9.92. The Kier molecular flexibility index (Phi) is 4.58. The van der Waals surface area contributed by atoms with Crippen LogP contribution in [0.5, 0.6) is 0 Å². The van der Waals surface area contributed by atoms with Crippen molar-refractivity contribution in [2.24, 2.45) is 11.7 Å². The fourth-order valence-electron chi connectivity index (χ4n) is 2.46. The summed E-state index contributed by atoms with van der Waals surface area (Å²) in [6, 6.07) is 4.26. The van der Waals surface area contributed by atoms with E-state index in [-0.39, 0.29) is 11.9 Å². The Morgan fingerprint density at radius 2 is 2.32 bits per heavy atom. The number of carbonyl (C=O) groups excluding carboxylic acids is 1. The lowest BCUT2D eigenvalue weighted by Gasteiger charge is -2.34. The van der Waals surface area contributed by atoms with Gasteiger partial charge in [0.05, 0.1) is 5.56 Å². The van der Waals surface area contributed by atoms with Gasteiger partial charge in [0.1, 0.15) is 5.82 Å². The van der Waals surface area contributed by atoms with Crippen molar-refractivity contribution < 1.29 is 9.18 Å². The summed E-state index contributed by atoms with van der Waals surface area (Å²) in [5.74, 6) is -0.200. The van der Waals surface area contributed by atoms with Crippen LogP contribution in [-0.4, -0.2) is 29.9 Å². The molecule has 1 amide bonds. The standard InChI is InChI=1S/C14H18BrFN2O/c1-9(17)10-3-2-6-18(8-10)14(19)12-7-11(16)4-5-13(12)15/h4-5,7,9-10H,2-3,6,8,17H2,1H3/t9-,10+/m0/s1. The highest BCUT2D eigenvalue weighted by atomic mass is 79.9. The molecule has 0 unspecified atom stereocenters. The molecule has 3 nitrogen and oxygen atoms in total. The van der Waals surface area contributed by atoms with E-state index in [2.05, 4.69) is 15.9 Å². The third-order valence-corrected chi connectivity index (χ3v) is 4.34. The second-order valence-corrected chi connectivity index (χ2v) is 5.99. The first-order valence-electron chi connectivity index (χ1n) is 6.49. The predicted octanol–water partition coefficient (Wildman–Crippen LogP) is 2.79. The molecule has 1 aromatic rings. The molecular formula is C14H18BrFN2O. The topological polar surface area (TPSA) is 46.3 Å². The number of nitrogens with two attached hydrogens (primary N) is 1. The smallest absolute Gasteiger partial charge is 0.255 e. The van der Waals surface area contributed by atoms with Crippen LogP contribution in [0.2, 0.25) is 0 Å². The van der Waals surface area contributed by atoms with Crippen LogP contribution in [-0.2, 0) is 0 Å². The minimum absolute atomic E-state index is 0.0755. The number of benzene rings is 1. The molecule has 0 spiro atoms. The molecule has 19 heavy (non-hydrogen) atoms. The van der Waals surface area contributed by atoms with Crippen molar-refractivity contribution in [2.75, 3.05) is 13.1 Å². The molecule has 1 aromatic carbocycles. The van der Waals surface area contributed by atoms with Crippen LogP contribution < -0.4 is 5.73 Å². The number of rotatable bonds is 2. The molecule has 0 radical (unpaired) electrons. The van der Waals surface area contributed by atoms with Crippen LogP contribution in [0.1, 0.15) is 30.1 Å². The lowest BCUT2D eigenvalue weighted by molar-refractivity contribution is 0.0659. The monoisotopic (exact) mass is 328 g/mol. The summed E-state index contributed by atoms with van der Waals surface area (Å²) in [4.78, 5) is 14.2. The second kappa shape index (κ2) is 6.01. The Balaban J connectivity index is 2.17. The molecule has 2 N–H and O–H groups in total. The van der Waals surface area contributed by atoms with Gasteiger partial charge in [-0.15, -0.1) is 0 Å². The third-order valence-electron chi connectivity index (χ3n) is 3.65. The van der Waals surface area contributed by atoms with Crippen molar-refractivity contribution in [2.45, 2.75) is 25.8 Å². The molecule has 1 aliphatic rings. The molecule has 104 valence electrons. The van der Waals surface area contributed by atoms with E-state index in [0.717, 1.165) is 12.8 Å². The Labute approximate surface area is 121 Å². The maximum atomic E-state index is 13.3. The molecule has 1 fully saturated rings. The molecule has 1 saturated heterocycles. The quantitative estimate of drug-likeness (QED) is 0.907. The van der Waals surface area contributed by atoms with Gasteiger partial charge in [-0.1, -0.05) is 0 Å². The van der Waals surface area contributed by atoms with Gasteiger partial charge in [0.25, 0.3) is 5.91 Å². The Morgan fingerprint density at radius 1 is 1.58 bits per heavy atom. The first-order valence-corrected chi connectivity index (χ1v) is 7.28. The van der Waals surface area contributed by atoms with E-state index in [1.807, 2.05) is 6.92 Å². The van der Waals surface area contributed by atoms with E-state index >= 15 is 0 Å². The number of nitrogens with zero attached hydrogens (tertiary/aromatic N) is 1. The van der Waals surface area contributed by atoms with Crippen LogP contribution >= 0.6 is 15.9 Å². The van der Waals surface area contributed by atoms with Crippen molar-refractivity contribution in [1.82, 2.24) is 4.90 Å². The Bertz CT molecular complexity index is 479. The van der Waals surface area contributed by atoms with E-state index < -0.39 is 5.82 Å². The molecule has 2 atom stereocenters. The minimum Gasteiger partial charge on any atom is -0.338 e. The predicted molar refractivity (Wildman–Crippen MR) is 76.4 cm³/mol. The Morgan fingerprint density at radius 3 is 3.00 bits per heavy atom. The Hall–Kier alpha value is -0.940. The zero-order valence-electron chi connectivity index (χ0n) is 10.9. The molecule has 0 aromatic heterocycles. The first kappa shape index (κ1) is 14.5. The summed E-state index contributed by atoms with van der Waals surface area (Å²) in [5.41, 5.74) is 6.29. The number of hydrogen-bond acceptors (Lipinski definition) is 2. The third kappa shape index (κ3) is 3.34. The van der Waals surface area contributed by atoms with Crippen molar-refractivity contribution in [3.8, 4) is 0 Å². The summed E-state index contributed by atoms with van der Waals surface area (Å²) in [5, 5.41) is 0. The highest BCUT2D eigenvalue weighted by Gasteiger charge is 2.27.